The normalized spacial score (nSPS) is 20.7. The lowest BCUT2D eigenvalue weighted by Crippen LogP contribution is -2.32. The van der Waals surface area contributed by atoms with Crippen LogP contribution in [0.15, 0.2) is 0 Å². The largest absolute Gasteiger partial charge is 0.382 e. The Balaban J connectivity index is 1.71. The van der Waals surface area contributed by atoms with E-state index in [1.165, 1.54) is 30.8 Å². The van der Waals surface area contributed by atoms with Gasteiger partial charge in [0.15, 0.2) is 5.82 Å². The number of amides is 1. The highest BCUT2D eigenvalue weighted by Crippen LogP contribution is 2.34. The summed E-state index contributed by atoms with van der Waals surface area (Å²) in [6.07, 6.45) is 6.00. The van der Waals surface area contributed by atoms with Crippen molar-refractivity contribution in [3.63, 3.8) is 0 Å². The van der Waals surface area contributed by atoms with E-state index < -0.39 is 0 Å². The lowest BCUT2D eigenvalue weighted by atomic mass is 9.80. The Morgan fingerprint density at radius 1 is 1.42 bits per heavy atom. The molecule has 2 saturated carbocycles. The van der Waals surface area contributed by atoms with Crippen LogP contribution in [-0.2, 0) is 0 Å². The highest BCUT2D eigenvalue weighted by molar-refractivity contribution is 7.11. The van der Waals surface area contributed by atoms with Gasteiger partial charge in [-0.15, -0.1) is 0 Å². The third kappa shape index (κ3) is 2.68. The molecule has 0 radical (unpaired) electrons. The predicted octanol–water partition coefficient (Wildman–Crippen LogP) is 2.22. The number of hydrogen-bond donors (Lipinski definition) is 3. The maximum Gasteiger partial charge on any atom is 0.258 e. The molecule has 0 saturated heterocycles. The lowest BCUT2D eigenvalue weighted by Gasteiger charge is -2.32. The van der Waals surface area contributed by atoms with Crippen LogP contribution in [0.3, 0.4) is 0 Å². The summed E-state index contributed by atoms with van der Waals surface area (Å²) < 4.78 is 4.12. The average Bonchev–Trinajstić information content (AvgIpc) is 3.00. The quantitative estimate of drug-likeness (QED) is 0.772. The van der Waals surface area contributed by atoms with Crippen molar-refractivity contribution >= 4 is 28.3 Å². The minimum atomic E-state index is -0.0861. The van der Waals surface area contributed by atoms with Gasteiger partial charge in [0, 0.05) is 12.1 Å². The van der Waals surface area contributed by atoms with Crippen LogP contribution in [0.2, 0.25) is 0 Å². The molecule has 3 rings (SSSR count). The van der Waals surface area contributed by atoms with Crippen molar-refractivity contribution < 1.29 is 4.79 Å². The molecule has 0 aliphatic heterocycles. The van der Waals surface area contributed by atoms with E-state index in [-0.39, 0.29) is 5.91 Å². The van der Waals surface area contributed by atoms with Crippen molar-refractivity contribution in [3.8, 4) is 0 Å². The van der Waals surface area contributed by atoms with E-state index in [0.717, 1.165) is 17.8 Å². The second-order valence-electron chi connectivity index (χ2n) is 5.64. The molecule has 104 valence electrons. The summed E-state index contributed by atoms with van der Waals surface area (Å²) in [4.78, 5) is 12.2. The Labute approximate surface area is 117 Å². The third-order valence-electron chi connectivity index (χ3n) is 4.07. The molecule has 1 aromatic heterocycles. The van der Waals surface area contributed by atoms with Crippen LogP contribution in [0, 0.1) is 5.92 Å². The van der Waals surface area contributed by atoms with Gasteiger partial charge in [-0.3, -0.25) is 4.79 Å². The number of aromatic nitrogens is 1. The molecule has 2 aliphatic carbocycles. The molecule has 1 unspecified atom stereocenters. The number of carbonyl (C=O) groups is 1. The number of nitrogens with one attached hydrogen (secondary N) is 2. The van der Waals surface area contributed by atoms with Crippen molar-refractivity contribution in [1.29, 1.82) is 0 Å². The molecule has 1 atom stereocenters. The standard InChI is InChI=1S/C13H20N4OS/c1-7(8-3-2-4-8)15-13-10(11(14)17-19-13)12(18)16-9-5-6-9/h7-9,15H,2-6H2,1H3,(H2,14,17)(H,16,18). The summed E-state index contributed by atoms with van der Waals surface area (Å²) in [5.74, 6) is 0.964. The summed E-state index contributed by atoms with van der Waals surface area (Å²) in [6, 6.07) is 0.713. The second kappa shape index (κ2) is 5.00. The van der Waals surface area contributed by atoms with Crippen LogP contribution in [0.5, 0.6) is 0 Å². The molecule has 1 aromatic rings. The van der Waals surface area contributed by atoms with Crippen LogP contribution in [0.4, 0.5) is 10.8 Å². The summed E-state index contributed by atoms with van der Waals surface area (Å²) in [6.45, 7) is 2.17. The Morgan fingerprint density at radius 2 is 2.16 bits per heavy atom. The van der Waals surface area contributed by atoms with Crippen LogP contribution in [-0.4, -0.2) is 22.4 Å². The Morgan fingerprint density at radius 3 is 2.74 bits per heavy atom. The first-order valence-electron chi connectivity index (χ1n) is 6.97. The fraction of sp³-hybridized carbons (Fsp3) is 0.692. The Kier molecular flexibility index (Phi) is 3.35. The molecule has 2 aliphatic rings. The van der Waals surface area contributed by atoms with Gasteiger partial charge in [0.05, 0.1) is 0 Å². The van der Waals surface area contributed by atoms with Gasteiger partial charge in [-0.05, 0) is 50.1 Å². The molecular formula is C13H20N4OS. The van der Waals surface area contributed by atoms with E-state index in [4.69, 9.17) is 5.73 Å². The van der Waals surface area contributed by atoms with Gasteiger partial charge >= 0.3 is 0 Å². The predicted molar refractivity (Wildman–Crippen MR) is 77.4 cm³/mol. The summed E-state index contributed by atoms with van der Waals surface area (Å²) in [5, 5.41) is 7.21. The lowest BCUT2D eigenvalue weighted by molar-refractivity contribution is 0.0953. The van der Waals surface area contributed by atoms with Gasteiger partial charge in [0.1, 0.15) is 10.6 Å². The fourth-order valence-corrected chi connectivity index (χ4v) is 3.18. The maximum absolute atomic E-state index is 12.2. The molecule has 0 aromatic carbocycles. The number of hydrogen-bond acceptors (Lipinski definition) is 5. The third-order valence-corrected chi connectivity index (χ3v) is 4.87. The molecule has 1 amide bonds. The van der Waals surface area contributed by atoms with Crippen molar-refractivity contribution in [3.05, 3.63) is 5.56 Å². The van der Waals surface area contributed by atoms with Gasteiger partial charge in [-0.2, -0.15) is 4.37 Å². The van der Waals surface area contributed by atoms with E-state index >= 15 is 0 Å². The molecule has 0 bridgehead atoms. The van der Waals surface area contributed by atoms with Gasteiger partial charge in [-0.25, -0.2) is 0 Å². The highest BCUT2D eigenvalue weighted by Gasteiger charge is 2.29. The first-order valence-corrected chi connectivity index (χ1v) is 7.75. The zero-order valence-corrected chi connectivity index (χ0v) is 11.9. The SMILES string of the molecule is CC(Nc1snc(N)c1C(=O)NC1CC1)C1CCC1. The fourth-order valence-electron chi connectivity index (χ4n) is 2.37. The van der Waals surface area contributed by atoms with E-state index in [0.29, 0.717) is 29.4 Å². The molecule has 2 fully saturated rings. The molecule has 5 nitrogen and oxygen atoms in total. The minimum Gasteiger partial charge on any atom is -0.382 e. The maximum atomic E-state index is 12.2. The van der Waals surface area contributed by atoms with E-state index in [9.17, 15) is 4.79 Å². The van der Waals surface area contributed by atoms with E-state index in [2.05, 4.69) is 21.9 Å². The van der Waals surface area contributed by atoms with Crippen LogP contribution in [0.1, 0.15) is 49.4 Å². The number of anilines is 2. The van der Waals surface area contributed by atoms with Crippen molar-refractivity contribution in [2.45, 2.75) is 51.1 Å². The summed E-state index contributed by atoms with van der Waals surface area (Å²) in [7, 11) is 0. The minimum absolute atomic E-state index is 0.0861. The van der Waals surface area contributed by atoms with Crippen molar-refractivity contribution in [2.75, 3.05) is 11.1 Å². The number of nitrogen functional groups attached to an aromatic ring is 1. The first kappa shape index (κ1) is 12.7. The molecular weight excluding hydrogens is 260 g/mol. The van der Waals surface area contributed by atoms with Crippen LogP contribution >= 0.6 is 11.5 Å². The molecule has 19 heavy (non-hydrogen) atoms. The topological polar surface area (TPSA) is 80.0 Å². The molecule has 6 heteroatoms. The molecule has 0 spiro atoms. The highest BCUT2D eigenvalue weighted by atomic mass is 32.1. The zero-order chi connectivity index (χ0) is 13.4. The summed E-state index contributed by atoms with van der Waals surface area (Å²) >= 11 is 1.29. The van der Waals surface area contributed by atoms with Crippen LogP contribution in [0.25, 0.3) is 0 Å². The number of nitrogens with two attached hydrogens (primary N) is 1. The molecule has 4 N–H and O–H groups in total. The number of rotatable bonds is 5. The number of nitrogens with zero attached hydrogens (tertiary/aromatic N) is 1. The zero-order valence-electron chi connectivity index (χ0n) is 11.1. The van der Waals surface area contributed by atoms with Gasteiger partial charge < -0.3 is 16.4 Å². The van der Waals surface area contributed by atoms with E-state index in [1.807, 2.05) is 0 Å². The van der Waals surface area contributed by atoms with Crippen LogP contribution < -0.4 is 16.4 Å². The Hall–Kier alpha value is -1.30. The summed E-state index contributed by atoms with van der Waals surface area (Å²) in [5.41, 5.74) is 6.37. The van der Waals surface area contributed by atoms with Gasteiger partial charge in [0.25, 0.3) is 5.91 Å². The molecule has 1 heterocycles. The smallest absolute Gasteiger partial charge is 0.258 e. The Bertz CT molecular complexity index is 479. The van der Waals surface area contributed by atoms with E-state index in [1.54, 1.807) is 0 Å². The van der Waals surface area contributed by atoms with Gasteiger partial charge in [0.2, 0.25) is 0 Å². The second-order valence-corrected chi connectivity index (χ2v) is 6.42. The number of carbonyl (C=O) groups excluding carboxylic acids is 1. The first-order chi connectivity index (χ1) is 9.15. The van der Waals surface area contributed by atoms with Crippen molar-refractivity contribution in [2.24, 2.45) is 5.92 Å². The van der Waals surface area contributed by atoms with Crippen molar-refractivity contribution in [1.82, 2.24) is 9.69 Å². The van der Waals surface area contributed by atoms with Gasteiger partial charge in [-0.1, -0.05) is 6.42 Å². The average molecular weight is 280 g/mol. The monoisotopic (exact) mass is 280 g/mol.